The van der Waals surface area contributed by atoms with Gasteiger partial charge in [0.25, 0.3) is 0 Å². The molecule has 0 fully saturated rings. The van der Waals surface area contributed by atoms with Crippen LogP contribution in [0.2, 0.25) is 0 Å². The van der Waals surface area contributed by atoms with Crippen molar-refractivity contribution in [2.45, 2.75) is 19.7 Å². The standard InChI is InChI=1S/C14H13N3O2/c18-14-11-2-1-9(5-10(11)8-19-14)12-7-17-4-3-15-6-13(17)16-12/h1-2,5,7,15H,3-4,6,8H2. The number of imidazole rings is 1. The number of nitrogens with one attached hydrogen (secondary N) is 1. The van der Waals surface area contributed by atoms with Crippen LogP contribution in [0.25, 0.3) is 11.3 Å². The largest absolute Gasteiger partial charge is 0.457 e. The fourth-order valence-electron chi connectivity index (χ4n) is 2.62. The molecule has 1 aromatic heterocycles. The Labute approximate surface area is 110 Å². The molecule has 1 aromatic carbocycles. The Morgan fingerprint density at radius 2 is 2.32 bits per heavy atom. The molecule has 96 valence electrons. The summed E-state index contributed by atoms with van der Waals surface area (Å²) in [6.45, 7) is 3.12. The molecule has 0 amide bonds. The van der Waals surface area contributed by atoms with Gasteiger partial charge >= 0.3 is 5.97 Å². The highest BCUT2D eigenvalue weighted by atomic mass is 16.5. The Balaban J connectivity index is 1.76. The summed E-state index contributed by atoms with van der Waals surface area (Å²) >= 11 is 0. The number of hydrogen-bond acceptors (Lipinski definition) is 4. The Bertz CT molecular complexity index is 652. The van der Waals surface area contributed by atoms with E-state index < -0.39 is 0 Å². The molecule has 0 spiro atoms. The summed E-state index contributed by atoms with van der Waals surface area (Å²) in [4.78, 5) is 16.1. The van der Waals surface area contributed by atoms with Crippen molar-refractivity contribution in [3.05, 3.63) is 41.3 Å². The average Bonchev–Trinajstić information content (AvgIpc) is 3.02. The zero-order chi connectivity index (χ0) is 12.8. The van der Waals surface area contributed by atoms with E-state index in [9.17, 15) is 4.79 Å². The first-order valence-electron chi connectivity index (χ1n) is 6.38. The highest BCUT2D eigenvalue weighted by Crippen LogP contribution is 2.26. The van der Waals surface area contributed by atoms with Crippen molar-refractivity contribution in [2.24, 2.45) is 0 Å². The third kappa shape index (κ3) is 1.66. The number of hydrogen-bond donors (Lipinski definition) is 1. The molecule has 1 N–H and O–H groups in total. The third-order valence-electron chi connectivity index (χ3n) is 3.65. The van der Waals surface area contributed by atoms with E-state index >= 15 is 0 Å². The van der Waals surface area contributed by atoms with Crippen LogP contribution in [0.3, 0.4) is 0 Å². The summed E-state index contributed by atoms with van der Waals surface area (Å²) in [7, 11) is 0. The molecule has 0 saturated carbocycles. The molecule has 5 nitrogen and oxygen atoms in total. The summed E-state index contributed by atoms with van der Waals surface area (Å²) in [6, 6.07) is 5.77. The SMILES string of the molecule is O=C1OCc2cc(-c3cn4c(n3)CNCC4)ccc21. The number of carbonyl (C=O) groups excluding carboxylic acids is 1. The summed E-state index contributed by atoms with van der Waals surface area (Å²) < 4.78 is 7.20. The van der Waals surface area contributed by atoms with E-state index in [1.165, 1.54) is 0 Å². The maximum absolute atomic E-state index is 11.4. The predicted molar refractivity (Wildman–Crippen MR) is 68.5 cm³/mol. The maximum atomic E-state index is 11.4. The monoisotopic (exact) mass is 255 g/mol. The van der Waals surface area contributed by atoms with Crippen LogP contribution in [0, 0.1) is 0 Å². The molecular formula is C14H13N3O2. The first kappa shape index (κ1) is 10.8. The fourth-order valence-corrected chi connectivity index (χ4v) is 2.62. The van der Waals surface area contributed by atoms with E-state index in [0.29, 0.717) is 12.2 Å². The number of cyclic esters (lactones) is 1. The molecule has 2 aromatic rings. The van der Waals surface area contributed by atoms with Gasteiger partial charge in [-0.15, -0.1) is 0 Å². The van der Waals surface area contributed by atoms with Crippen molar-refractivity contribution >= 4 is 5.97 Å². The van der Waals surface area contributed by atoms with Gasteiger partial charge in [-0.3, -0.25) is 0 Å². The Morgan fingerprint density at radius 1 is 1.37 bits per heavy atom. The minimum Gasteiger partial charge on any atom is -0.457 e. The first-order chi connectivity index (χ1) is 9.31. The topological polar surface area (TPSA) is 56.2 Å². The molecule has 0 atom stereocenters. The van der Waals surface area contributed by atoms with Crippen molar-refractivity contribution in [3.8, 4) is 11.3 Å². The number of nitrogens with zero attached hydrogens (tertiary/aromatic N) is 2. The Kier molecular flexibility index (Phi) is 2.22. The van der Waals surface area contributed by atoms with Gasteiger partial charge < -0.3 is 14.6 Å². The number of esters is 1. The lowest BCUT2D eigenvalue weighted by Crippen LogP contribution is -2.27. The molecule has 2 aliphatic rings. The van der Waals surface area contributed by atoms with Gasteiger partial charge in [0.15, 0.2) is 0 Å². The lowest BCUT2D eigenvalue weighted by atomic mass is 10.0. The number of benzene rings is 1. The molecule has 5 heteroatoms. The van der Waals surface area contributed by atoms with Gasteiger partial charge in [0, 0.05) is 30.4 Å². The van der Waals surface area contributed by atoms with Crippen molar-refractivity contribution < 1.29 is 9.53 Å². The second kappa shape index (κ2) is 3.93. The Hall–Kier alpha value is -2.14. The van der Waals surface area contributed by atoms with Crippen molar-refractivity contribution in [1.29, 1.82) is 0 Å². The predicted octanol–water partition coefficient (Wildman–Crippen LogP) is 1.32. The van der Waals surface area contributed by atoms with Gasteiger partial charge in [0.1, 0.15) is 12.4 Å². The molecule has 0 saturated heterocycles. The summed E-state index contributed by atoms with van der Waals surface area (Å²) in [5, 5.41) is 3.31. The normalized spacial score (nSPS) is 16.9. The van der Waals surface area contributed by atoms with E-state index in [4.69, 9.17) is 4.74 Å². The molecule has 4 rings (SSSR count). The summed E-state index contributed by atoms with van der Waals surface area (Å²) in [5.74, 6) is 0.837. The third-order valence-corrected chi connectivity index (χ3v) is 3.65. The van der Waals surface area contributed by atoms with Gasteiger partial charge in [-0.2, -0.15) is 0 Å². The van der Waals surface area contributed by atoms with Crippen molar-refractivity contribution in [3.63, 3.8) is 0 Å². The zero-order valence-corrected chi connectivity index (χ0v) is 10.3. The van der Waals surface area contributed by atoms with Crippen LogP contribution in [0.1, 0.15) is 21.7 Å². The maximum Gasteiger partial charge on any atom is 0.338 e. The quantitative estimate of drug-likeness (QED) is 0.781. The first-order valence-corrected chi connectivity index (χ1v) is 6.38. The molecular weight excluding hydrogens is 242 g/mol. The lowest BCUT2D eigenvalue weighted by molar-refractivity contribution is 0.0535. The highest BCUT2D eigenvalue weighted by molar-refractivity contribution is 5.94. The number of rotatable bonds is 1. The number of aromatic nitrogens is 2. The van der Waals surface area contributed by atoms with Gasteiger partial charge in [-0.25, -0.2) is 9.78 Å². The van der Waals surface area contributed by atoms with Crippen molar-refractivity contribution in [2.75, 3.05) is 6.54 Å². The summed E-state index contributed by atoms with van der Waals surface area (Å²) in [5.41, 5.74) is 3.63. The van der Waals surface area contributed by atoms with Crippen LogP contribution in [0.5, 0.6) is 0 Å². The molecule has 19 heavy (non-hydrogen) atoms. The second-order valence-corrected chi connectivity index (χ2v) is 4.86. The molecule has 3 heterocycles. The van der Waals surface area contributed by atoms with E-state index in [2.05, 4.69) is 21.1 Å². The van der Waals surface area contributed by atoms with Crippen LogP contribution in [-0.4, -0.2) is 22.1 Å². The van der Waals surface area contributed by atoms with E-state index in [1.807, 2.05) is 18.2 Å². The second-order valence-electron chi connectivity index (χ2n) is 4.86. The van der Waals surface area contributed by atoms with Crippen LogP contribution >= 0.6 is 0 Å². The van der Waals surface area contributed by atoms with E-state index in [0.717, 1.165) is 42.3 Å². The van der Waals surface area contributed by atoms with Crippen LogP contribution in [-0.2, 0) is 24.4 Å². The van der Waals surface area contributed by atoms with E-state index in [-0.39, 0.29) is 5.97 Å². The van der Waals surface area contributed by atoms with Crippen molar-refractivity contribution in [1.82, 2.24) is 14.9 Å². The van der Waals surface area contributed by atoms with Crippen LogP contribution in [0.4, 0.5) is 0 Å². The van der Waals surface area contributed by atoms with Crippen LogP contribution < -0.4 is 5.32 Å². The molecule has 0 aliphatic carbocycles. The minimum atomic E-state index is -0.227. The zero-order valence-electron chi connectivity index (χ0n) is 10.3. The number of ether oxygens (including phenoxy) is 1. The number of fused-ring (bicyclic) bond motifs is 2. The van der Waals surface area contributed by atoms with Gasteiger partial charge in [-0.05, 0) is 12.1 Å². The minimum absolute atomic E-state index is 0.227. The highest BCUT2D eigenvalue weighted by Gasteiger charge is 2.22. The smallest absolute Gasteiger partial charge is 0.338 e. The lowest BCUT2D eigenvalue weighted by Gasteiger charge is -2.13. The average molecular weight is 255 g/mol. The summed E-state index contributed by atoms with van der Waals surface area (Å²) in [6.07, 6.45) is 2.08. The van der Waals surface area contributed by atoms with Crippen LogP contribution in [0.15, 0.2) is 24.4 Å². The van der Waals surface area contributed by atoms with Gasteiger partial charge in [0.2, 0.25) is 0 Å². The number of carbonyl (C=O) groups is 1. The Morgan fingerprint density at radius 3 is 3.21 bits per heavy atom. The molecule has 2 aliphatic heterocycles. The molecule has 0 radical (unpaired) electrons. The molecule has 0 bridgehead atoms. The van der Waals surface area contributed by atoms with E-state index in [1.54, 1.807) is 0 Å². The molecule has 0 unspecified atom stereocenters. The van der Waals surface area contributed by atoms with Gasteiger partial charge in [0.05, 0.1) is 17.8 Å². The van der Waals surface area contributed by atoms with Gasteiger partial charge in [-0.1, -0.05) is 6.07 Å². The fraction of sp³-hybridized carbons (Fsp3) is 0.286.